The number of phenols is 1. The molecular weight excluding hydrogens is 420 g/mol. The first-order chi connectivity index (χ1) is 14.2. The number of methoxy groups -OCH3 is 1. The van der Waals surface area contributed by atoms with E-state index in [1.165, 1.54) is 30.6 Å². The van der Waals surface area contributed by atoms with Crippen molar-refractivity contribution in [2.45, 2.75) is 26.2 Å². The first-order valence-corrected chi connectivity index (χ1v) is 10.3. The highest BCUT2D eigenvalue weighted by atomic mass is 32.1. The van der Waals surface area contributed by atoms with E-state index < -0.39 is 0 Å². The first kappa shape index (κ1) is 21.7. The third kappa shape index (κ3) is 4.92. The minimum absolute atomic E-state index is 0.0346. The Morgan fingerprint density at radius 3 is 2.77 bits per heavy atom. The fraction of sp³-hybridized carbons (Fsp3) is 0.238. The summed E-state index contributed by atoms with van der Waals surface area (Å²) in [5.41, 5.74) is 1.38. The van der Waals surface area contributed by atoms with Crippen molar-refractivity contribution in [2.24, 2.45) is 0 Å². The minimum Gasteiger partial charge on any atom is -0.504 e. The van der Waals surface area contributed by atoms with E-state index in [0.29, 0.717) is 16.3 Å². The van der Waals surface area contributed by atoms with Gasteiger partial charge in [-0.3, -0.25) is 9.36 Å². The van der Waals surface area contributed by atoms with Gasteiger partial charge in [0.25, 0.3) is 0 Å². The van der Waals surface area contributed by atoms with Crippen molar-refractivity contribution in [1.29, 1.82) is 0 Å². The van der Waals surface area contributed by atoms with E-state index in [9.17, 15) is 9.90 Å². The molecule has 0 saturated carbocycles. The van der Waals surface area contributed by atoms with Gasteiger partial charge in [-0.15, -0.1) is 0 Å². The predicted octanol–water partition coefficient (Wildman–Crippen LogP) is 3.85. The number of nitrogens with one attached hydrogen (secondary N) is 1. The number of hydrogen-bond donors (Lipinski definition) is 2. The minimum atomic E-state index is -0.372. The molecule has 2 aromatic heterocycles. The van der Waals surface area contributed by atoms with Gasteiger partial charge >= 0.3 is 0 Å². The zero-order chi connectivity index (χ0) is 21.9. The molecule has 0 unspecified atom stereocenters. The number of carbonyl (C=O) groups excluding carboxylic acids is 1. The molecule has 0 aliphatic carbocycles. The molecule has 3 aromatic rings. The number of imidazole rings is 1. The normalized spacial score (nSPS) is 11.6. The average molecular weight is 443 g/mol. The Morgan fingerprint density at radius 2 is 2.13 bits per heavy atom. The van der Waals surface area contributed by atoms with E-state index in [1.807, 2.05) is 10.8 Å². The van der Waals surface area contributed by atoms with Crippen LogP contribution in [0.15, 0.2) is 43.0 Å². The van der Waals surface area contributed by atoms with E-state index >= 15 is 0 Å². The molecule has 2 N–H and O–H groups in total. The van der Waals surface area contributed by atoms with Crippen LogP contribution in [0.4, 0.5) is 0 Å². The van der Waals surface area contributed by atoms with Crippen molar-refractivity contribution in [3.05, 3.63) is 59.3 Å². The van der Waals surface area contributed by atoms with Crippen LogP contribution in [-0.4, -0.2) is 37.6 Å². The second-order valence-corrected chi connectivity index (χ2v) is 8.86. The molecule has 2 heterocycles. The van der Waals surface area contributed by atoms with Gasteiger partial charge in [-0.25, -0.2) is 9.97 Å². The number of hydrogen-bond acceptors (Lipinski definition) is 7. The van der Waals surface area contributed by atoms with Gasteiger partial charge in [-0.2, -0.15) is 0 Å². The SMILES string of the molecule is COc1cc(/C=C/C(=O)NC(=S)c2nc(C(C)(C)C)c(-n3ccnc3)s2)ccc1O. The van der Waals surface area contributed by atoms with Crippen molar-refractivity contribution in [1.82, 2.24) is 19.9 Å². The van der Waals surface area contributed by atoms with Gasteiger partial charge in [0.2, 0.25) is 5.91 Å². The monoisotopic (exact) mass is 442 g/mol. The fourth-order valence-electron chi connectivity index (χ4n) is 2.63. The van der Waals surface area contributed by atoms with Crippen LogP contribution in [0.2, 0.25) is 0 Å². The maximum absolute atomic E-state index is 12.3. The van der Waals surface area contributed by atoms with Crippen molar-refractivity contribution in [3.63, 3.8) is 0 Å². The predicted molar refractivity (Wildman–Crippen MR) is 121 cm³/mol. The van der Waals surface area contributed by atoms with Gasteiger partial charge in [0.05, 0.1) is 19.1 Å². The second kappa shape index (κ2) is 8.76. The summed E-state index contributed by atoms with van der Waals surface area (Å²) in [7, 11) is 1.46. The van der Waals surface area contributed by atoms with Crippen LogP contribution < -0.4 is 10.1 Å². The first-order valence-electron chi connectivity index (χ1n) is 9.09. The lowest BCUT2D eigenvalue weighted by Crippen LogP contribution is -2.28. The quantitative estimate of drug-likeness (QED) is 0.461. The van der Waals surface area contributed by atoms with E-state index in [-0.39, 0.29) is 22.1 Å². The van der Waals surface area contributed by atoms with Gasteiger partial charge in [0.15, 0.2) is 16.5 Å². The maximum atomic E-state index is 12.3. The Hall–Kier alpha value is -3.04. The zero-order valence-corrected chi connectivity index (χ0v) is 18.7. The molecule has 0 aliphatic heterocycles. The summed E-state index contributed by atoms with van der Waals surface area (Å²) in [5.74, 6) is -0.00580. The number of thiazole rings is 1. The van der Waals surface area contributed by atoms with Crippen molar-refractivity contribution in [3.8, 4) is 16.5 Å². The number of aromatic nitrogens is 3. The molecule has 7 nitrogen and oxygen atoms in total. The van der Waals surface area contributed by atoms with E-state index in [2.05, 4.69) is 36.1 Å². The van der Waals surface area contributed by atoms with Crippen LogP contribution in [0.1, 0.15) is 37.0 Å². The molecule has 3 rings (SSSR count). The summed E-state index contributed by atoms with van der Waals surface area (Å²) >= 11 is 6.82. The smallest absolute Gasteiger partial charge is 0.249 e. The van der Waals surface area contributed by atoms with Gasteiger partial charge in [-0.1, -0.05) is 50.4 Å². The zero-order valence-electron chi connectivity index (χ0n) is 17.0. The molecule has 0 radical (unpaired) electrons. The van der Waals surface area contributed by atoms with Crippen molar-refractivity contribution in [2.75, 3.05) is 7.11 Å². The molecule has 0 saturated heterocycles. The van der Waals surface area contributed by atoms with E-state index in [1.54, 1.807) is 30.7 Å². The molecule has 0 spiro atoms. The maximum Gasteiger partial charge on any atom is 0.249 e. The van der Waals surface area contributed by atoms with Gasteiger partial charge < -0.3 is 15.2 Å². The summed E-state index contributed by atoms with van der Waals surface area (Å²) in [6, 6.07) is 4.81. The standard InChI is InChI=1S/C21H22N4O3S2/c1-21(2,3)17-20(25-10-9-22-12-25)30-19(24-17)18(29)23-16(27)8-6-13-5-7-14(26)15(11-13)28-4/h5-12,26H,1-4H3,(H,23,27,29)/b8-6+. The number of aromatic hydroxyl groups is 1. The molecule has 30 heavy (non-hydrogen) atoms. The Morgan fingerprint density at radius 1 is 1.37 bits per heavy atom. The fourth-order valence-corrected chi connectivity index (χ4v) is 4.03. The van der Waals surface area contributed by atoms with Crippen LogP contribution >= 0.6 is 23.6 Å². The molecule has 0 atom stereocenters. The van der Waals surface area contributed by atoms with Crippen molar-refractivity contribution < 1.29 is 14.6 Å². The number of amides is 1. The Kier molecular flexibility index (Phi) is 6.33. The molecule has 1 aromatic carbocycles. The van der Waals surface area contributed by atoms with Crippen LogP contribution in [0.5, 0.6) is 11.5 Å². The van der Waals surface area contributed by atoms with Crippen LogP contribution in [0.25, 0.3) is 11.1 Å². The number of ether oxygens (including phenoxy) is 1. The number of phenolic OH excluding ortho intramolecular Hbond substituents is 1. The van der Waals surface area contributed by atoms with E-state index in [4.69, 9.17) is 17.0 Å². The van der Waals surface area contributed by atoms with Gasteiger partial charge in [-0.05, 0) is 23.8 Å². The number of rotatable bonds is 5. The molecule has 156 valence electrons. The molecule has 9 heteroatoms. The highest BCUT2D eigenvalue weighted by molar-refractivity contribution is 7.81. The largest absolute Gasteiger partial charge is 0.504 e. The molecular formula is C21H22N4O3S2. The Bertz CT molecular complexity index is 1100. The second-order valence-electron chi connectivity index (χ2n) is 7.48. The van der Waals surface area contributed by atoms with Gasteiger partial charge in [0, 0.05) is 23.9 Å². The molecule has 0 bridgehead atoms. The summed E-state index contributed by atoms with van der Waals surface area (Å²) in [6.45, 7) is 6.22. The Balaban J connectivity index is 1.76. The lowest BCUT2D eigenvalue weighted by atomic mass is 9.92. The summed E-state index contributed by atoms with van der Waals surface area (Å²) in [4.78, 5) is 21.4. The van der Waals surface area contributed by atoms with Crippen molar-refractivity contribution >= 4 is 40.5 Å². The summed E-state index contributed by atoms with van der Waals surface area (Å²) < 4.78 is 6.96. The highest BCUT2D eigenvalue weighted by Gasteiger charge is 2.25. The van der Waals surface area contributed by atoms with Crippen LogP contribution in [0, 0.1) is 0 Å². The number of benzene rings is 1. The third-order valence-corrected chi connectivity index (χ3v) is 5.63. The van der Waals surface area contributed by atoms with Gasteiger partial charge in [0.1, 0.15) is 9.99 Å². The number of thiocarbonyl (C=S) groups is 1. The molecule has 1 amide bonds. The van der Waals surface area contributed by atoms with Crippen LogP contribution in [-0.2, 0) is 10.2 Å². The molecule has 0 fully saturated rings. The van der Waals surface area contributed by atoms with E-state index in [0.717, 1.165) is 10.7 Å². The molecule has 0 aliphatic rings. The highest BCUT2D eigenvalue weighted by Crippen LogP contribution is 2.32. The number of nitrogens with zero attached hydrogens (tertiary/aromatic N) is 3. The average Bonchev–Trinajstić information content (AvgIpc) is 3.36. The lowest BCUT2D eigenvalue weighted by Gasteiger charge is -2.17. The topological polar surface area (TPSA) is 89.3 Å². The number of carbonyl (C=O) groups is 1. The van der Waals surface area contributed by atoms with Crippen LogP contribution in [0.3, 0.4) is 0 Å². The Labute approximate surface area is 184 Å². The summed E-state index contributed by atoms with van der Waals surface area (Å²) in [5, 5.41) is 13.8. The third-order valence-electron chi connectivity index (χ3n) is 4.12. The summed E-state index contributed by atoms with van der Waals surface area (Å²) in [6.07, 6.45) is 8.24. The lowest BCUT2D eigenvalue weighted by molar-refractivity contribution is -0.115.